The van der Waals surface area contributed by atoms with Gasteiger partial charge in [0.25, 0.3) is 11.8 Å². The molecule has 4 N–H and O–H groups in total. The summed E-state index contributed by atoms with van der Waals surface area (Å²) >= 11 is 2.60. The first-order chi connectivity index (χ1) is 17.3. The van der Waals surface area contributed by atoms with Gasteiger partial charge in [0.15, 0.2) is 5.13 Å². The van der Waals surface area contributed by atoms with Crippen LogP contribution in [0.25, 0.3) is 0 Å². The van der Waals surface area contributed by atoms with Crippen molar-refractivity contribution in [2.24, 2.45) is 11.8 Å². The summed E-state index contributed by atoms with van der Waals surface area (Å²) < 4.78 is 0. The second kappa shape index (κ2) is 12.2. The summed E-state index contributed by atoms with van der Waals surface area (Å²) in [4.78, 5) is 45.1. The monoisotopic (exact) mass is 533 g/mol. The highest BCUT2D eigenvalue weighted by atomic mass is 32.1. The van der Waals surface area contributed by atoms with Gasteiger partial charge in [0.05, 0.1) is 10.6 Å². The van der Waals surface area contributed by atoms with Gasteiger partial charge in [0.2, 0.25) is 0 Å². The average Bonchev–Trinajstić information content (AvgIpc) is 3.58. The zero-order valence-electron chi connectivity index (χ0n) is 20.8. The minimum Gasteiger partial charge on any atom is -0.480 e. The van der Waals surface area contributed by atoms with Crippen molar-refractivity contribution in [2.75, 3.05) is 37.6 Å². The summed E-state index contributed by atoms with van der Waals surface area (Å²) in [6.07, 6.45) is 4.81. The first-order valence-corrected chi connectivity index (χ1v) is 14.3. The number of amides is 2. The Morgan fingerprint density at radius 2 is 1.83 bits per heavy atom. The molecule has 2 saturated heterocycles. The molecule has 2 aliphatic rings. The number of anilines is 1. The molecule has 1 atom stereocenters. The number of carboxylic acids is 1. The number of carbonyl (C=O) groups is 3. The standard InChI is InChI=1S/C25H35N5O4S2/c1-15(2)20-21(23(32)27-14-18(24(33)34)28-22(31)19-4-3-13-35-19)36-25(29-20)30-11-7-17(8-12-30)16-5-9-26-10-6-16/h3-4,13,15-18,26H,5-12,14H2,1-2H3,(H,27,32)(H,28,31)(H,33,34)/t18-/m0/s1. The summed E-state index contributed by atoms with van der Waals surface area (Å²) in [6.45, 7) is 7.91. The van der Waals surface area contributed by atoms with Crippen LogP contribution in [0.5, 0.6) is 0 Å². The maximum Gasteiger partial charge on any atom is 0.328 e. The molecule has 0 bridgehead atoms. The second-order valence-corrected chi connectivity index (χ2v) is 11.8. The number of hydrogen-bond donors (Lipinski definition) is 4. The van der Waals surface area contributed by atoms with Crippen molar-refractivity contribution in [3.8, 4) is 0 Å². The highest BCUT2D eigenvalue weighted by Gasteiger charge is 2.30. The van der Waals surface area contributed by atoms with Gasteiger partial charge in [-0.3, -0.25) is 9.59 Å². The van der Waals surface area contributed by atoms with Crippen LogP contribution < -0.4 is 20.9 Å². The van der Waals surface area contributed by atoms with Crippen LogP contribution >= 0.6 is 22.7 Å². The van der Waals surface area contributed by atoms with E-state index in [1.54, 1.807) is 17.5 Å². The summed E-state index contributed by atoms with van der Waals surface area (Å²) in [6, 6.07) is 2.12. The molecule has 0 aromatic carbocycles. The number of nitrogens with zero attached hydrogens (tertiary/aromatic N) is 2. The molecule has 0 spiro atoms. The lowest BCUT2D eigenvalue weighted by atomic mass is 9.79. The zero-order chi connectivity index (χ0) is 25.7. The predicted molar refractivity (Wildman–Crippen MR) is 142 cm³/mol. The first-order valence-electron chi connectivity index (χ1n) is 12.6. The van der Waals surface area contributed by atoms with Crippen molar-refractivity contribution >= 4 is 45.6 Å². The Labute approximate surface area is 219 Å². The number of thiophene rings is 1. The molecule has 196 valence electrons. The minimum absolute atomic E-state index is 0.0526. The third-order valence-corrected chi connectivity index (χ3v) is 9.07. The number of thiazole rings is 1. The molecule has 0 saturated carbocycles. The van der Waals surface area contributed by atoms with Crippen LogP contribution in [0.1, 0.15) is 70.5 Å². The van der Waals surface area contributed by atoms with Gasteiger partial charge in [0.1, 0.15) is 10.9 Å². The lowest BCUT2D eigenvalue weighted by Crippen LogP contribution is -2.48. The lowest BCUT2D eigenvalue weighted by molar-refractivity contribution is -0.139. The fourth-order valence-electron chi connectivity index (χ4n) is 5.00. The molecule has 4 rings (SSSR count). The van der Waals surface area contributed by atoms with Gasteiger partial charge in [-0.25, -0.2) is 9.78 Å². The van der Waals surface area contributed by atoms with E-state index < -0.39 is 17.9 Å². The topological polar surface area (TPSA) is 124 Å². The summed E-state index contributed by atoms with van der Waals surface area (Å²) in [5.41, 5.74) is 0.725. The lowest BCUT2D eigenvalue weighted by Gasteiger charge is -2.37. The fourth-order valence-corrected chi connectivity index (χ4v) is 6.82. The van der Waals surface area contributed by atoms with Crippen LogP contribution in [0.4, 0.5) is 5.13 Å². The zero-order valence-corrected chi connectivity index (χ0v) is 22.4. The number of aromatic nitrogens is 1. The highest BCUT2D eigenvalue weighted by molar-refractivity contribution is 7.17. The molecule has 0 unspecified atom stereocenters. The molecule has 2 aliphatic heterocycles. The number of carbonyl (C=O) groups excluding carboxylic acids is 2. The molecule has 0 radical (unpaired) electrons. The Balaban J connectivity index is 1.37. The molecular formula is C25H35N5O4S2. The maximum absolute atomic E-state index is 13.1. The molecule has 11 heteroatoms. The van der Waals surface area contributed by atoms with Crippen LogP contribution in [-0.4, -0.2) is 66.6 Å². The molecule has 36 heavy (non-hydrogen) atoms. The third-order valence-electron chi connectivity index (χ3n) is 7.07. The Hall–Kier alpha value is -2.50. The van der Waals surface area contributed by atoms with E-state index in [0.717, 1.165) is 61.7 Å². The quantitative estimate of drug-likeness (QED) is 0.390. The van der Waals surface area contributed by atoms with Gasteiger partial charge in [-0.1, -0.05) is 31.3 Å². The van der Waals surface area contributed by atoms with Gasteiger partial charge in [-0.05, 0) is 68.0 Å². The number of hydrogen-bond acceptors (Lipinski definition) is 8. The van der Waals surface area contributed by atoms with E-state index in [-0.39, 0.29) is 18.4 Å². The van der Waals surface area contributed by atoms with Crippen LogP contribution in [0.3, 0.4) is 0 Å². The van der Waals surface area contributed by atoms with E-state index in [1.165, 1.54) is 35.5 Å². The van der Waals surface area contributed by atoms with Crippen LogP contribution in [0.2, 0.25) is 0 Å². The van der Waals surface area contributed by atoms with E-state index in [0.29, 0.717) is 9.75 Å². The van der Waals surface area contributed by atoms with Crippen LogP contribution in [-0.2, 0) is 4.79 Å². The molecular weight excluding hydrogens is 498 g/mol. The smallest absolute Gasteiger partial charge is 0.328 e. The normalized spacial score (nSPS) is 18.2. The SMILES string of the molecule is CC(C)c1nc(N2CCC(C3CCNCC3)CC2)sc1C(=O)NC[C@H](NC(=O)c1cccs1)C(=O)O. The van der Waals surface area contributed by atoms with E-state index in [2.05, 4.69) is 20.9 Å². The van der Waals surface area contributed by atoms with Gasteiger partial charge in [0, 0.05) is 19.6 Å². The molecule has 4 heterocycles. The van der Waals surface area contributed by atoms with Crippen molar-refractivity contribution in [1.29, 1.82) is 0 Å². The molecule has 2 amide bonds. The molecule has 2 fully saturated rings. The third kappa shape index (κ3) is 6.43. The van der Waals surface area contributed by atoms with Crippen molar-refractivity contribution in [3.63, 3.8) is 0 Å². The van der Waals surface area contributed by atoms with Gasteiger partial charge < -0.3 is 26.0 Å². The molecule has 2 aromatic rings. The van der Waals surface area contributed by atoms with Crippen LogP contribution in [0.15, 0.2) is 17.5 Å². The van der Waals surface area contributed by atoms with E-state index >= 15 is 0 Å². The Morgan fingerprint density at radius 1 is 1.14 bits per heavy atom. The minimum atomic E-state index is -1.23. The molecule has 2 aromatic heterocycles. The van der Waals surface area contributed by atoms with E-state index in [9.17, 15) is 19.5 Å². The number of rotatable bonds is 9. The van der Waals surface area contributed by atoms with E-state index in [4.69, 9.17) is 4.98 Å². The Bertz CT molecular complexity index is 1040. The summed E-state index contributed by atoms with van der Waals surface area (Å²) in [5, 5.41) is 20.8. The van der Waals surface area contributed by atoms with Crippen molar-refractivity contribution in [1.82, 2.24) is 20.9 Å². The molecule has 9 nitrogen and oxygen atoms in total. The molecule has 0 aliphatic carbocycles. The summed E-state index contributed by atoms with van der Waals surface area (Å²) in [5.74, 6) is -0.415. The number of carboxylic acid groups (broad SMARTS) is 1. The Kier molecular flexibility index (Phi) is 8.97. The van der Waals surface area contributed by atoms with Crippen molar-refractivity contribution in [3.05, 3.63) is 33.0 Å². The number of nitrogens with one attached hydrogen (secondary N) is 3. The van der Waals surface area contributed by atoms with Gasteiger partial charge in [-0.15, -0.1) is 11.3 Å². The fraction of sp³-hybridized carbons (Fsp3) is 0.600. The van der Waals surface area contributed by atoms with Gasteiger partial charge >= 0.3 is 5.97 Å². The van der Waals surface area contributed by atoms with E-state index in [1.807, 2.05) is 13.8 Å². The summed E-state index contributed by atoms with van der Waals surface area (Å²) in [7, 11) is 0. The van der Waals surface area contributed by atoms with Crippen LogP contribution in [0, 0.1) is 11.8 Å². The average molecular weight is 534 g/mol. The largest absolute Gasteiger partial charge is 0.480 e. The van der Waals surface area contributed by atoms with Gasteiger partial charge in [-0.2, -0.15) is 0 Å². The first kappa shape index (κ1) is 26.6. The van der Waals surface area contributed by atoms with Crippen molar-refractivity contribution < 1.29 is 19.5 Å². The second-order valence-electron chi connectivity index (χ2n) is 9.83. The highest BCUT2D eigenvalue weighted by Crippen LogP contribution is 2.36. The number of aliphatic carboxylic acids is 1. The predicted octanol–water partition coefficient (Wildman–Crippen LogP) is 3.16. The maximum atomic E-state index is 13.1. The van der Waals surface area contributed by atoms with Crippen molar-refractivity contribution in [2.45, 2.75) is 51.5 Å². The number of piperidine rings is 2. The Morgan fingerprint density at radius 3 is 2.44 bits per heavy atom.